The van der Waals surface area contributed by atoms with Gasteiger partial charge in [0.2, 0.25) is 0 Å². The summed E-state index contributed by atoms with van der Waals surface area (Å²) in [7, 11) is 0. The number of aryl methyl sites for hydroxylation is 1. The first kappa shape index (κ1) is 7.91. The largest absolute Gasteiger partial charge is 0.344 e. The second-order valence-corrected chi connectivity index (χ2v) is 2.86. The summed E-state index contributed by atoms with van der Waals surface area (Å²) in [5, 5.41) is 3.71. The van der Waals surface area contributed by atoms with E-state index in [4.69, 9.17) is 0 Å². The topological polar surface area (TPSA) is 58.1 Å². The Bertz CT molecular complexity index is 447. The van der Waals surface area contributed by atoms with Gasteiger partial charge in [0.1, 0.15) is 11.3 Å². The van der Waals surface area contributed by atoms with Gasteiger partial charge in [-0.1, -0.05) is 6.92 Å². The van der Waals surface area contributed by atoms with Crippen LogP contribution in [0.1, 0.15) is 12.5 Å². The molecule has 0 saturated carbocycles. The fourth-order valence-corrected chi connectivity index (χ4v) is 1.30. The number of nitrogens with one attached hydrogen (secondary N) is 1. The number of aromatic nitrogens is 2. The first-order valence-corrected chi connectivity index (χ1v) is 4.14. The Balaban J connectivity index is 2.71. The van der Waals surface area contributed by atoms with Crippen LogP contribution < -0.4 is 0 Å². The lowest BCUT2D eigenvalue weighted by Crippen LogP contribution is -1.82. The molecule has 1 N–H and O–H groups in total. The summed E-state index contributed by atoms with van der Waals surface area (Å²) in [4.78, 5) is 17.4. The van der Waals surface area contributed by atoms with E-state index in [1.807, 2.05) is 13.0 Å². The maximum absolute atomic E-state index is 10.4. The van der Waals surface area contributed by atoms with Gasteiger partial charge in [-0.05, 0) is 23.2 Å². The highest BCUT2D eigenvalue weighted by molar-refractivity contribution is 5.88. The van der Waals surface area contributed by atoms with Gasteiger partial charge in [0.25, 0.3) is 0 Å². The van der Waals surface area contributed by atoms with E-state index in [0.717, 1.165) is 17.4 Å². The molecule has 13 heavy (non-hydrogen) atoms. The smallest absolute Gasteiger partial charge is 0.139 e. The van der Waals surface area contributed by atoms with Crippen LogP contribution >= 0.6 is 0 Å². The van der Waals surface area contributed by atoms with Crippen molar-refractivity contribution in [3.63, 3.8) is 0 Å². The summed E-state index contributed by atoms with van der Waals surface area (Å²) in [6.07, 6.45) is 4.28. The second kappa shape index (κ2) is 2.97. The normalized spacial score (nSPS) is 10.5. The standard InChI is InChI=1S/C9H9N3O/c1-2-6-3-7-8(12-13)5-11-9(7)10-4-6/h3-5H,2H2,1H3,(H,10,11). The predicted octanol–water partition coefficient (Wildman–Crippen LogP) is 2.52. The van der Waals surface area contributed by atoms with Crippen molar-refractivity contribution < 1.29 is 0 Å². The van der Waals surface area contributed by atoms with Crippen LogP contribution in [0.15, 0.2) is 23.6 Å². The van der Waals surface area contributed by atoms with Gasteiger partial charge < -0.3 is 4.98 Å². The van der Waals surface area contributed by atoms with Crippen LogP contribution in [0.5, 0.6) is 0 Å². The molecule has 2 aromatic rings. The zero-order valence-electron chi connectivity index (χ0n) is 7.24. The van der Waals surface area contributed by atoms with E-state index in [9.17, 15) is 4.91 Å². The molecule has 2 heterocycles. The van der Waals surface area contributed by atoms with Crippen LogP contribution in [-0.2, 0) is 6.42 Å². The fourth-order valence-electron chi connectivity index (χ4n) is 1.30. The Morgan fingerprint density at radius 3 is 3.15 bits per heavy atom. The molecular weight excluding hydrogens is 166 g/mol. The molecule has 4 heteroatoms. The van der Waals surface area contributed by atoms with Crippen LogP contribution in [-0.4, -0.2) is 9.97 Å². The third kappa shape index (κ3) is 1.20. The van der Waals surface area contributed by atoms with Crippen molar-refractivity contribution in [1.29, 1.82) is 0 Å². The molecule has 4 nitrogen and oxygen atoms in total. The molecule has 66 valence electrons. The third-order valence-corrected chi connectivity index (χ3v) is 2.07. The number of nitrogens with zero attached hydrogens (tertiary/aromatic N) is 2. The average molecular weight is 175 g/mol. The van der Waals surface area contributed by atoms with Gasteiger partial charge in [-0.15, -0.1) is 4.91 Å². The maximum atomic E-state index is 10.4. The van der Waals surface area contributed by atoms with Gasteiger partial charge in [0.15, 0.2) is 0 Å². The van der Waals surface area contributed by atoms with Gasteiger partial charge >= 0.3 is 0 Å². The Hall–Kier alpha value is -1.71. The molecule has 0 fully saturated rings. The SMILES string of the molecule is CCc1cnc2[nH]cc(N=O)c2c1. The highest BCUT2D eigenvalue weighted by atomic mass is 16.3. The lowest BCUT2D eigenvalue weighted by molar-refractivity contribution is 1.12. The van der Waals surface area contributed by atoms with Gasteiger partial charge in [0, 0.05) is 17.8 Å². The molecule has 0 spiro atoms. The fraction of sp³-hybridized carbons (Fsp3) is 0.222. The summed E-state index contributed by atoms with van der Waals surface area (Å²) in [5.74, 6) is 0. The van der Waals surface area contributed by atoms with Crippen molar-refractivity contribution in [2.75, 3.05) is 0 Å². The first-order valence-electron chi connectivity index (χ1n) is 4.14. The Kier molecular flexibility index (Phi) is 1.81. The van der Waals surface area contributed by atoms with E-state index >= 15 is 0 Å². The molecule has 0 atom stereocenters. The van der Waals surface area contributed by atoms with Crippen molar-refractivity contribution in [1.82, 2.24) is 9.97 Å². The van der Waals surface area contributed by atoms with E-state index in [0.29, 0.717) is 11.3 Å². The minimum Gasteiger partial charge on any atom is -0.344 e. The lowest BCUT2D eigenvalue weighted by Gasteiger charge is -1.94. The van der Waals surface area contributed by atoms with Crippen LogP contribution in [0.2, 0.25) is 0 Å². The number of hydrogen-bond acceptors (Lipinski definition) is 3. The number of fused-ring (bicyclic) bond motifs is 1. The van der Waals surface area contributed by atoms with E-state index in [1.165, 1.54) is 0 Å². The highest BCUT2D eigenvalue weighted by Crippen LogP contribution is 2.24. The van der Waals surface area contributed by atoms with Crippen molar-refractivity contribution in [2.45, 2.75) is 13.3 Å². The lowest BCUT2D eigenvalue weighted by atomic mass is 10.2. The molecule has 0 aliphatic carbocycles. The monoisotopic (exact) mass is 175 g/mol. The average Bonchev–Trinajstić information content (AvgIpc) is 2.59. The molecule has 0 unspecified atom stereocenters. The van der Waals surface area contributed by atoms with Gasteiger partial charge in [-0.25, -0.2) is 4.98 Å². The first-order chi connectivity index (χ1) is 6.35. The number of rotatable bonds is 2. The summed E-state index contributed by atoms with van der Waals surface area (Å²) < 4.78 is 0. The van der Waals surface area contributed by atoms with E-state index in [-0.39, 0.29) is 0 Å². The minimum atomic E-state index is 0.429. The highest BCUT2D eigenvalue weighted by Gasteiger charge is 2.04. The number of nitroso groups, excluding NO2 is 1. The summed E-state index contributed by atoms with van der Waals surface area (Å²) >= 11 is 0. The second-order valence-electron chi connectivity index (χ2n) is 2.86. The molecule has 0 saturated heterocycles. The summed E-state index contributed by atoms with van der Waals surface area (Å²) in [5.41, 5.74) is 2.25. The minimum absolute atomic E-state index is 0.429. The number of hydrogen-bond donors (Lipinski definition) is 1. The van der Waals surface area contributed by atoms with E-state index in [1.54, 1.807) is 12.4 Å². The van der Waals surface area contributed by atoms with Crippen LogP contribution in [0.3, 0.4) is 0 Å². The maximum Gasteiger partial charge on any atom is 0.139 e. The predicted molar refractivity (Wildman–Crippen MR) is 50.9 cm³/mol. The van der Waals surface area contributed by atoms with Crippen LogP contribution in [0.25, 0.3) is 11.0 Å². The van der Waals surface area contributed by atoms with Gasteiger partial charge in [-0.2, -0.15) is 0 Å². The van der Waals surface area contributed by atoms with Crippen molar-refractivity contribution in [3.05, 3.63) is 28.9 Å². The molecule has 2 aromatic heterocycles. The van der Waals surface area contributed by atoms with E-state index in [2.05, 4.69) is 15.1 Å². The van der Waals surface area contributed by atoms with Crippen molar-refractivity contribution in [3.8, 4) is 0 Å². The number of aromatic amines is 1. The molecule has 0 bridgehead atoms. The molecule has 0 radical (unpaired) electrons. The summed E-state index contributed by atoms with van der Waals surface area (Å²) in [6.45, 7) is 2.05. The molecule has 0 aromatic carbocycles. The zero-order chi connectivity index (χ0) is 9.26. The Morgan fingerprint density at radius 1 is 1.62 bits per heavy atom. The van der Waals surface area contributed by atoms with Gasteiger partial charge in [-0.3, -0.25) is 0 Å². The van der Waals surface area contributed by atoms with E-state index < -0.39 is 0 Å². The molecular formula is C9H9N3O. The van der Waals surface area contributed by atoms with Crippen molar-refractivity contribution in [2.24, 2.45) is 5.18 Å². The van der Waals surface area contributed by atoms with Gasteiger partial charge in [0.05, 0.1) is 0 Å². The summed E-state index contributed by atoms with van der Waals surface area (Å²) in [6, 6.07) is 1.94. The third-order valence-electron chi connectivity index (χ3n) is 2.07. The quantitative estimate of drug-likeness (QED) is 0.713. The van der Waals surface area contributed by atoms with Crippen molar-refractivity contribution >= 4 is 16.7 Å². The molecule has 0 amide bonds. The zero-order valence-corrected chi connectivity index (χ0v) is 7.24. The van der Waals surface area contributed by atoms with Crippen LogP contribution in [0.4, 0.5) is 5.69 Å². The molecule has 0 aliphatic heterocycles. The Labute approximate surface area is 75.0 Å². The number of pyridine rings is 1. The Morgan fingerprint density at radius 2 is 2.46 bits per heavy atom. The molecule has 2 rings (SSSR count). The number of H-pyrrole nitrogens is 1. The van der Waals surface area contributed by atoms with Crippen LogP contribution in [0, 0.1) is 4.91 Å². The molecule has 0 aliphatic rings.